The van der Waals surface area contributed by atoms with Crippen molar-refractivity contribution in [1.29, 1.82) is 0 Å². The first-order valence-electron chi connectivity index (χ1n) is 24.5. The van der Waals surface area contributed by atoms with E-state index in [2.05, 4.69) is 13.8 Å². The molecule has 12 nitrogen and oxygen atoms in total. The predicted octanol–water partition coefficient (Wildman–Crippen LogP) is 16.9. The first-order valence-corrected chi connectivity index (χ1v) is 27.5. The second kappa shape index (κ2) is 18.1. The van der Waals surface area contributed by atoms with E-state index in [4.69, 9.17) is 102 Å². The van der Waals surface area contributed by atoms with Crippen LogP contribution in [0.5, 0.6) is 0 Å². The molecule has 0 radical (unpaired) electrons. The van der Waals surface area contributed by atoms with Gasteiger partial charge in [-0.1, -0.05) is 132 Å². The van der Waals surface area contributed by atoms with Crippen LogP contribution in [0.25, 0.3) is 86.2 Å². The predicted molar refractivity (Wildman–Crippen MR) is 305 cm³/mol. The Morgan fingerprint density at radius 2 is 0.474 bits per heavy atom. The number of halogens is 8. The molecule has 0 aromatic heterocycles. The average Bonchev–Trinajstić information content (AvgIpc) is 3.60. The van der Waals surface area contributed by atoms with Gasteiger partial charge < -0.3 is 9.47 Å². The molecule has 14 rings (SSSR count). The molecule has 4 amide bonds. The third-order valence-electron chi connectivity index (χ3n) is 15.4. The van der Waals surface area contributed by atoms with Gasteiger partial charge in [0.15, 0.2) is 0 Å². The van der Waals surface area contributed by atoms with E-state index in [0.717, 1.165) is 25.7 Å². The molecular weight excluding hydrogens is 1170 g/mol. The number of carbonyl (C=O) groups excluding carboxylic acids is 8. The summed E-state index contributed by atoms with van der Waals surface area (Å²) in [6.45, 7) is 4.67. The van der Waals surface area contributed by atoms with Crippen LogP contribution in [0.2, 0.25) is 40.2 Å². The van der Waals surface area contributed by atoms with Crippen molar-refractivity contribution >= 4 is 226 Å². The minimum Gasteiger partial charge on any atom is -0.386 e. The Balaban J connectivity index is 0.000000153. The number of fused-ring (bicyclic) bond motifs is 4. The summed E-state index contributed by atoms with van der Waals surface area (Å²) in [6, 6.07) is 11.9. The normalized spacial score (nSPS) is 15.1. The molecule has 10 aromatic carbocycles. The fourth-order valence-corrected chi connectivity index (χ4v) is 14.5. The fraction of sp³-hybridized carbons (Fsp3) is 0.172. The molecule has 0 atom stereocenters. The van der Waals surface area contributed by atoms with Crippen LogP contribution in [0, 0.1) is 0 Å². The molecule has 0 bridgehead atoms. The number of cyclic esters (lactones) is 4. The number of amides is 4. The van der Waals surface area contributed by atoms with Crippen LogP contribution in [-0.4, -0.2) is 70.4 Å². The van der Waals surface area contributed by atoms with E-state index in [1.807, 2.05) is 0 Å². The number of imide groups is 2. The summed E-state index contributed by atoms with van der Waals surface area (Å²) in [7, 11) is 0. The van der Waals surface area contributed by atoms with Gasteiger partial charge in [0.05, 0.1) is 44.5 Å². The van der Waals surface area contributed by atoms with Gasteiger partial charge in [-0.2, -0.15) is 0 Å². The molecule has 388 valence electrons. The van der Waals surface area contributed by atoms with Gasteiger partial charge in [-0.25, -0.2) is 19.2 Å². The van der Waals surface area contributed by atoms with Crippen molar-refractivity contribution in [2.45, 2.75) is 52.4 Å². The van der Waals surface area contributed by atoms with E-state index in [-0.39, 0.29) is 75.5 Å². The Morgan fingerprint density at radius 3 is 0.679 bits per heavy atom. The summed E-state index contributed by atoms with van der Waals surface area (Å²) >= 11 is 54.8. The number of hydrogen-bond acceptors (Lipinski definition) is 10. The van der Waals surface area contributed by atoms with E-state index in [9.17, 15) is 38.4 Å². The summed E-state index contributed by atoms with van der Waals surface area (Å²) in [5.74, 6) is -5.08. The van der Waals surface area contributed by atoms with Gasteiger partial charge in [-0.3, -0.25) is 29.0 Å². The quantitative estimate of drug-likeness (QED) is 0.0357. The highest BCUT2D eigenvalue weighted by Gasteiger charge is 2.41. The Hall–Kier alpha value is -6.32. The molecule has 0 spiro atoms. The first kappa shape index (κ1) is 51.1. The molecule has 0 unspecified atom stereocenters. The highest BCUT2D eigenvalue weighted by molar-refractivity contribution is 6.58. The molecule has 10 aromatic rings. The van der Waals surface area contributed by atoms with Gasteiger partial charge in [0, 0.05) is 139 Å². The monoisotopic (exact) mass is 1190 g/mol. The number of benzene rings is 10. The molecule has 0 saturated heterocycles. The fourth-order valence-electron chi connectivity index (χ4n) is 12.2. The zero-order chi connectivity index (χ0) is 55.0. The summed E-state index contributed by atoms with van der Waals surface area (Å²) in [5.41, 5.74) is 1.57. The molecule has 4 aliphatic rings. The summed E-state index contributed by atoms with van der Waals surface area (Å²) in [4.78, 5) is 108. The topological polar surface area (TPSA) is 162 Å². The number of rotatable bonds is 8. The van der Waals surface area contributed by atoms with E-state index >= 15 is 0 Å². The lowest BCUT2D eigenvalue weighted by Crippen LogP contribution is -2.41. The minimum absolute atomic E-state index is 0.0938. The second-order valence-electron chi connectivity index (χ2n) is 19.5. The molecule has 20 heteroatoms. The van der Waals surface area contributed by atoms with Crippen molar-refractivity contribution in [1.82, 2.24) is 9.80 Å². The smallest absolute Gasteiger partial charge is 0.346 e. The second-order valence-corrected chi connectivity index (χ2v) is 22.8. The summed E-state index contributed by atoms with van der Waals surface area (Å²) in [6.07, 6.45) is 5.00. The lowest BCUT2D eigenvalue weighted by Gasteiger charge is -2.31. The van der Waals surface area contributed by atoms with Gasteiger partial charge in [-0.05, 0) is 61.4 Å². The lowest BCUT2D eigenvalue weighted by molar-refractivity contribution is 0.0373. The molecule has 78 heavy (non-hydrogen) atoms. The average molecular weight is 1200 g/mol. The summed E-state index contributed by atoms with van der Waals surface area (Å²) in [5, 5.41) is 8.26. The first-order chi connectivity index (χ1) is 37.3. The number of unbranched alkanes of at least 4 members (excludes halogenated alkanes) is 4. The lowest BCUT2D eigenvalue weighted by atomic mass is 9.82. The third kappa shape index (κ3) is 6.81. The number of ether oxygens (including phenoxy) is 2. The van der Waals surface area contributed by atoms with Crippen molar-refractivity contribution in [2.24, 2.45) is 0 Å². The SMILES string of the molecule is CCCCCN1C(=O)c2cc(Cl)c3c4c(Cl)cc5c6c(cc(Cl)c(c7c(Cl)cc(c2c37)C1=O)c64)C(=O)N(CCCCC)C5=O.O=C1OC(=O)c2cc(Cl)c3c4c(Cl)cc5c6c(cc(Cl)c(c7c(Cl)cc1c2c73)c64)C(=O)OC5=O. The van der Waals surface area contributed by atoms with Crippen LogP contribution >= 0.6 is 92.8 Å². The van der Waals surface area contributed by atoms with E-state index in [1.54, 1.807) is 24.3 Å². The third-order valence-corrected chi connectivity index (χ3v) is 17.7. The van der Waals surface area contributed by atoms with Crippen LogP contribution in [0.3, 0.4) is 0 Å². The van der Waals surface area contributed by atoms with Gasteiger partial charge in [0.1, 0.15) is 0 Å². The van der Waals surface area contributed by atoms with Crippen LogP contribution in [0.1, 0.15) is 135 Å². The molecule has 0 saturated carbocycles. The van der Waals surface area contributed by atoms with Crippen molar-refractivity contribution in [3.05, 3.63) is 133 Å². The maximum Gasteiger partial charge on any atom is 0.346 e. The van der Waals surface area contributed by atoms with Crippen LogP contribution in [0.4, 0.5) is 0 Å². The molecule has 4 heterocycles. The van der Waals surface area contributed by atoms with Crippen LogP contribution < -0.4 is 0 Å². The van der Waals surface area contributed by atoms with E-state index in [1.165, 1.54) is 34.1 Å². The number of hydrogen-bond donors (Lipinski definition) is 0. The van der Waals surface area contributed by atoms with Crippen LogP contribution in [-0.2, 0) is 9.47 Å². The largest absolute Gasteiger partial charge is 0.386 e. The van der Waals surface area contributed by atoms with E-state index in [0.29, 0.717) is 121 Å². The van der Waals surface area contributed by atoms with Crippen LogP contribution in [0.15, 0.2) is 48.5 Å². The van der Waals surface area contributed by atoms with Gasteiger partial charge >= 0.3 is 23.9 Å². The highest BCUT2D eigenvalue weighted by Crippen LogP contribution is 2.56. The Morgan fingerprint density at radius 1 is 0.282 bits per heavy atom. The van der Waals surface area contributed by atoms with E-state index < -0.39 is 47.5 Å². The van der Waals surface area contributed by atoms with Gasteiger partial charge in [0.25, 0.3) is 23.6 Å². The molecule has 0 aliphatic carbocycles. The van der Waals surface area contributed by atoms with Crippen molar-refractivity contribution in [3.63, 3.8) is 0 Å². The van der Waals surface area contributed by atoms with Crippen molar-refractivity contribution < 1.29 is 47.8 Å². The highest BCUT2D eigenvalue weighted by atomic mass is 35.5. The molecule has 0 N–H and O–H groups in total. The maximum atomic E-state index is 13.8. The zero-order valence-corrected chi connectivity index (χ0v) is 46.3. The van der Waals surface area contributed by atoms with Crippen molar-refractivity contribution in [2.75, 3.05) is 13.1 Å². The minimum atomic E-state index is -0.846. The van der Waals surface area contributed by atoms with Gasteiger partial charge in [-0.15, -0.1) is 0 Å². The standard InChI is InChI=1S/C34H26Cl4N2O4.C24H4Cl4O6/c1-3-5-7-9-39-31(41)15-11-19(35)25-27-21(37)13-17-24-18(34(44)40(33(17)43)10-8-6-4-2)14-22(38)28(30(24)27)26-20(36)12-16(32(39)42)23(15)29(25)26;25-9-1-5-13-6(22(30)33-21(5)29)2-11(27)17-18-12(28)4-8-14-7(23(31)34-24(8)32)3-10(26)16(20(14)18)15(9)19(13)17/h11-14H,3-10H2,1-2H3;1-4H. The molecular formula is C58H30Cl8N2O10. The molecule has 0 fully saturated rings. The van der Waals surface area contributed by atoms with Gasteiger partial charge in [0.2, 0.25) is 0 Å². The Kier molecular flexibility index (Phi) is 11.9. The maximum absolute atomic E-state index is 13.8. The number of esters is 4. The Bertz CT molecular complexity index is 4100. The summed E-state index contributed by atoms with van der Waals surface area (Å²) < 4.78 is 9.72. The number of carbonyl (C=O) groups is 8. The zero-order valence-electron chi connectivity index (χ0n) is 40.3. The van der Waals surface area contributed by atoms with Crippen molar-refractivity contribution in [3.8, 4) is 0 Å². The Labute approximate surface area is 479 Å². The molecule has 4 aliphatic heterocycles. The number of nitrogens with zero attached hydrogens (tertiary/aromatic N) is 2.